The van der Waals surface area contributed by atoms with Crippen LogP contribution < -0.4 is 4.90 Å². The molecule has 2 heterocycles. The number of hydrogen-bond donors (Lipinski definition) is 1. The molecule has 1 atom stereocenters. The van der Waals surface area contributed by atoms with Crippen LogP contribution in [0.1, 0.15) is 6.42 Å². The summed E-state index contributed by atoms with van der Waals surface area (Å²) < 4.78 is 37.8. The normalized spacial score (nSPS) is 24.6. The van der Waals surface area contributed by atoms with Gasteiger partial charge in [0.25, 0.3) is 0 Å². The highest BCUT2D eigenvalue weighted by Crippen LogP contribution is 2.43. The molecule has 0 aliphatic carbocycles. The molecule has 1 aromatic heterocycles. The first-order chi connectivity index (χ1) is 8.24. The summed E-state index contributed by atoms with van der Waals surface area (Å²) in [5.74, 6) is 0. The molecule has 1 aliphatic heterocycles. The summed E-state index contributed by atoms with van der Waals surface area (Å²) >= 11 is 0.992. The van der Waals surface area contributed by atoms with E-state index in [1.54, 1.807) is 0 Å². The van der Waals surface area contributed by atoms with Crippen molar-refractivity contribution in [3.05, 3.63) is 21.6 Å². The van der Waals surface area contributed by atoms with Crippen LogP contribution in [-0.4, -0.2) is 34.9 Å². The number of halogens is 3. The molecule has 0 spiro atoms. The van der Waals surface area contributed by atoms with Gasteiger partial charge in [0.2, 0.25) is 0 Å². The largest absolute Gasteiger partial charge is 0.418 e. The van der Waals surface area contributed by atoms with Crippen LogP contribution in [0.3, 0.4) is 0 Å². The van der Waals surface area contributed by atoms with Gasteiger partial charge in [0.05, 0.1) is 11.5 Å². The van der Waals surface area contributed by atoms with E-state index in [-0.39, 0.29) is 17.2 Å². The van der Waals surface area contributed by atoms with Gasteiger partial charge >= 0.3 is 11.9 Å². The molecule has 0 radical (unpaired) electrons. The van der Waals surface area contributed by atoms with Crippen molar-refractivity contribution in [3.8, 4) is 0 Å². The molecule has 1 N–H and O–H groups in total. The highest BCUT2D eigenvalue weighted by molar-refractivity contribution is 7.14. The van der Waals surface area contributed by atoms with E-state index in [2.05, 4.69) is 0 Å². The Morgan fingerprint density at radius 2 is 2.22 bits per heavy atom. The van der Waals surface area contributed by atoms with Crippen LogP contribution in [0.4, 0.5) is 23.9 Å². The number of β-amino-alcohol motifs (C(OH)–C–C–N with tert-alkyl or cyclic N) is 1. The Hall–Kier alpha value is -1.35. The molecule has 5 nitrogen and oxygen atoms in total. The average molecular weight is 282 g/mol. The van der Waals surface area contributed by atoms with Crippen molar-refractivity contribution in [1.29, 1.82) is 0 Å². The number of hydrogen-bond acceptors (Lipinski definition) is 5. The minimum absolute atomic E-state index is 0.0582. The van der Waals surface area contributed by atoms with E-state index in [9.17, 15) is 28.4 Å². The zero-order valence-corrected chi connectivity index (χ0v) is 9.79. The standard InChI is InChI=1S/C9H9F3N2O3S/c10-9(11,12)8(15)2-3-13(5-8)7-6(14(16)17)1-4-18-7/h1,4,15H,2-3,5H2/t8-/m0/s1. The Labute approximate surface area is 104 Å². The molecule has 1 saturated heterocycles. The number of aliphatic hydroxyl groups is 1. The van der Waals surface area contributed by atoms with E-state index >= 15 is 0 Å². The lowest BCUT2D eigenvalue weighted by Crippen LogP contribution is -2.47. The number of nitro groups is 1. The third-order valence-electron chi connectivity index (χ3n) is 2.88. The fraction of sp³-hybridized carbons (Fsp3) is 0.556. The lowest BCUT2D eigenvalue weighted by Gasteiger charge is -2.25. The second kappa shape index (κ2) is 4.09. The van der Waals surface area contributed by atoms with Crippen molar-refractivity contribution in [2.24, 2.45) is 0 Å². The maximum atomic E-state index is 12.6. The quantitative estimate of drug-likeness (QED) is 0.666. The molecule has 0 bridgehead atoms. The zero-order valence-electron chi connectivity index (χ0n) is 8.98. The van der Waals surface area contributed by atoms with Crippen LogP contribution in [0.25, 0.3) is 0 Å². The van der Waals surface area contributed by atoms with Gasteiger partial charge in [-0.2, -0.15) is 13.2 Å². The molecular weight excluding hydrogens is 273 g/mol. The van der Waals surface area contributed by atoms with Gasteiger partial charge in [-0.1, -0.05) is 0 Å². The summed E-state index contributed by atoms with van der Waals surface area (Å²) in [7, 11) is 0. The Morgan fingerprint density at radius 1 is 1.56 bits per heavy atom. The van der Waals surface area contributed by atoms with Crippen LogP contribution in [0.15, 0.2) is 11.4 Å². The second-order valence-electron chi connectivity index (χ2n) is 4.07. The third-order valence-corrected chi connectivity index (χ3v) is 3.85. The molecule has 1 fully saturated rings. The van der Waals surface area contributed by atoms with Gasteiger partial charge in [0.15, 0.2) is 10.6 Å². The Morgan fingerprint density at radius 3 is 2.72 bits per heavy atom. The molecule has 0 saturated carbocycles. The van der Waals surface area contributed by atoms with Gasteiger partial charge in [0.1, 0.15) is 0 Å². The third kappa shape index (κ3) is 2.03. The van der Waals surface area contributed by atoms with E-state index in [1.165, 1.54) is 16.3 Å². The first-order valence-corrected chi connectivity index (χ1v) is 5.88. The van der Waals surface area contributed by atoms with E-state index in [0.29, 0.717) is 0 Å². The maximum Gasteiger partial charge on any atom is 0.418 e. The van der Waals surface area contributed by atoms with Crippen LogP contribution in [0, 0.1) is 10.1 Å². The second-order valence-corrected chi connectivity index (χ2v) is 4.96. The zero-order chi connectivity index (χ0) is 13.6. The van der Waals surface area contributed by atoms with Gasteiger partial charge in [-0.25, -0.2) is 0 Å². The predicted molar refractivity (Wildman–Crippen MR) is 58.8 cm³/mol. The van der Waals surface area contributed by atoms with Gasteiger partial charge in [-0.3, -0.25) is 10.1 Å². The molecule has 100 valence electrons. The lowest BCUT2D eigenvalue weighted by atomic mass is 10.0. The van der Waals surface area contributed by atoms with Crippen molar-refractivity contribution in [1.82, 2.24) is 0 Å². The molecule has 18 heavy (non-hydrogen) atoms. The first-order valence-electron chi connectivity index (χ1n) is 5.00. The summed E-state index contributed by atoms with van der Waals surface area (Å²) in [6.45, 7) is -0.727. The van der Waals surface area contributed by atoms with Crippen molar-refractivity contribution < 1.29 is 23.2 Å². The average Bonchev–Trinajstić information content (AvgIpc) is 2.82. The molecule has 0 aromatic carbocycles. The van der Waals surface area contributed by atoms with Gasteiger partial charge in [-0.15, -0.1) is 11.3 Å². The number of thiophene rings is 1. The molecule has 1 aliphatic rings. The van der Waals surface area contributed by atoms with Gasteiger partial charge < -0.3 is 10.0 Å². The van der Waals surface area contributed by atoms with Crippen molar-refractivity contribution >= 4 is 22.0 Å². The van der Waals surface area contributed by atoms with Crippen LogP contribution in [0.5, 0.6) is 0 Å². The maximum absolute atomic E-state index is 12.6. The van der Waals surface area contributed by atoms with E-state index in [1.807, 2.05) is 0 Å². The highest BCUT2D eigenvalue weighted by Gasteiger charge is 2.57. The number of anilines is 1. The van der Waals surface area contributed by atoms with Crippen LogP contribution in [-0.2, 0) is 0 Å². The Kier molecular flexibility index (Phi) is 2.98. The SMILES string of the molecule is O=[N+]([O-])c1ccsc1N1CC[C@@](O)(C(F)(F)F)C1. The highest BCUT2D eigenvalue weighted by atomic mass is 32.1. The number of rotatable bonds is 2. The minimum Gasteiger partial charge on any atom is -0.379 e. The van der Waals surface area contributed by atoms with Crippen LogP contribution >= 0.6 is 11.3 Å². The predicted octanol–water partition coefficient (Wildman–Crippen LogP) is 2.16. The van der Waals surface area contributed by atoms with Gasteiger partial charge in [0, 0.05) is 19.0 Å². The summed E-state index contributed by atoms with van der Waals surface area (Å²) in [5, 5.41) is 21.8. The van der Waals surface area contributed by atoms with Crippen molar-refractivity contribution in [3.63, 3.8) is 0 Å². The van der Waals surface area contributed by atoms with Crippen molar-refractivity contribution in [2.45, 2.75) is 18.2 Å². The van der Waals surface area contributed by atoms with E-state index in [4.69, 9.17) is 0 Å². The Balaban J connectivity index is 2.24. The van der Waals surface area contributed by atoms with Gasteiger partial charge in [-0.05, 0) is 5.38 Å². The summed E-state index contributed by atoms with van der Waals surface area (Å²) in [4.78, 5) is 11.3. The number of nitrogens with zero attached hydrogens (tertiary/aromatic N) is 2. The number of alkyl halides is 3. The van der Waals surface area contributed by atoms with E-state index in [0.717, 1.165) is 11.3 Å². The lowest BCUT2D eigenvalue weighted by molar-refractivity contribution is -0.383. The summed E-state index contributed by atoms with van der Waals surface area (Å²) in [5.41, 5.74) is -3.02. The summed E-state index contributed by atoms with van der Waals surface area (Å²) in [6, 6.07) is 1.24. The first kappa shape index (κ1) is 13.1. The summed E-state index contributed by atoms with van der Waals surface area (Å²) in [6.07, 6.45) is -5.21. The molecule has 0 amide bonds. The topological polar surface area (TPSA) is 66.6 Å². The monoisotopic (exact) mass is 282 g/mol. The van der Waals surface area contributed by atoms with Crippen LogP contribution in [0.2, 0.25) is 0 Å². The molecule has 0 unspecified atom stereocenters. The molecule has 2 rings (SSSR count). The van der Waals surface area contributed by atoms with E-state index < -0.39 is 29.7 Å². The fourth-order valence-electron chi connectivity index (χ4n) is 1.87. The fourth-order valence-corrected chi connectivity index (χ4v) is 2.76. The molecule has 1 aromatic rings. The minimum atomic E-state index is -4.73. The Bertz CT molecular complexity index is 476. The molecule has 9 heteroatoms. The molecular formula is C9H9F3N2O3S. The smallest absolute Gasteiger partial charge is 0.379 e. The van der Waals surface area contributed by atoms with Crippen molar-refractivity contribution in [2.75, 3.05) is 18.0 Å².